The van der Waals surface area contributed by atoms with Gasteiger partial charge in [-0.3, -0.25) is 4.79 Å². The third-order valence-corrected chi connectivity index (χ3v) is 3.05. The highest BCUT2D eigenvalue weighted by Gasteiger charge is 2.19. The molecular weight excluding hydrogens is 264 g/mol. The smallest absolute Gasteiger partial charge is 0.156 e. The lowest BCUT2D eigenvalue weighted by molar-refractivity contribution is 0.112. The Bertz CT molecular complexity index is 638. The minimum absolute atomic E-state index is 0.0611. The molecule has 2 N–H and O–H groups in total. The van der Waals surface area contributed by atoms with Crippen molar-refractivity contribution in [3.05, 3.63) is 35.4 Å². The van der Waals surface area contributed by atoms with Gasteiger partial charge in [0, 0.05) is 12.1 Å². The first-order valence-electron chi connectivity index (χ1n) is 6.35. The summed E-state index contributed by atoms with van der Waals surface area (Å²) in [6, 6.07) is 3.02. The van der Waals surface area contributed by atoms with Crippen LogP contribution in [0, 0.1) is 11.6 Å². The molecule has 106 valence electrons. The molecule has 0 aliphatic heterocycles. The van der Waals surface area contributed by atoms with Crippen LogP contribution in [0.4, 0.5) is 14.6 Å². The summed E-state index contributed by atoms with van der Waals surface area (Å²) in [5.41, 5.74) is 5.94. The van der Waals surface area contributed by atoms with Crippen molar-refractivity contribution < 1.29 is 13.6 Å². The lowest BCUT2D eigenvalue weighted by atomic mass is 10.1. The Hall–Kier alpha value is -2.24. The second kappa shape index (κ2) is 5.81. The molecule has 0 spiro atoms. The van der Waals surface area contributed by atoms with Crippen molar-refractivity contribution in [1.82, 2.24) is 9.78 Å². The maximum absolute atomic E-state index is 13.8. The van der Waals surface area contributed by atoms with Crippen molar-refractivity contribution in [2.75, 3.05) is 5.73 Å². The van der Waals surface area contributed by atoms with E-state index in [4.69, 9.17) is 5.73 Å². The normalized spacial score (nSPS) is 10.8. The van der Waals surface area contributed by atoms with Crippen molar-refractivity contribution in [3.63, 3.8) is 0 Å². The van der Waals surface area contributed by atoms with Crippen LogP contribution in [0.1, 0.15) is 30.1 Å². The molecule has 6 heteroatoms. The third kappa shape index (κ3) is 2.54. The van der Waals surface area contributed by atoms with Gasteiger partial charge in [-0.05, 0) is 24.6 Å². The Morgan fingerprint density at radius 1 is 1.40 bits per heavy atom. The van der Waals surface area contributed by atoms with E-state index in [1.807, 2.05) is 6.92 Å². The largest absolute Gasteiger partial charge is 0.383 e. The molecule has 0 fully saturated rings. The Morgan fingerprint density at radius 3 is 2.80 bits per heavy atom. The summed E-state index contributed by atoms with van der Waals surface area (Å²) in [5, 5.41) is 4.14. The van der Waals surface area contributed by atoms with E-state index >= 15 is 0 Å². The molecule has 0 unspecified atom stereocenters. The molecule has 0 saturated heterocycles. The molecule has 0 atom stereocenters. The fourth-order valence-corrected chi connectivity index (χ4v) is 1.96. The Kier molecular flexibility index (Phi) is 4.12. The maximum Gasteiger partial charge on any atom is 0.156 e. The standard InChI is InChI=1S/C14H15F2N3O/c1-2-3-6-19-14(17)11(8-20)13(18-19)10-7-9(15)4-5-12(10)16/h4-5,7-8H,2-3,6,17H2,1H3. The van der Waals surface area contributed by atoms with Crippen LogP contribution in [0.5, 0.6) is 0 Å². The number of nitrogens with two attached hydrogens (primary N) is 1. The van der Waals surface area contributed by atoms with Crippen molar-refractivity contribution in [2.45, 2.75) is 26.3 Å². The van der Waals surface area contributed by atoms with Crippen LogP contribution in [0.15, 0.2) is 18.2 Å². The number of benzene rings is 1. The lowest BCUT2D eigenvalue weighted by Gasteiger charge is -2.01. The van der Waals surface area contributed by atoms with Crippen LogP contribution in [0.3, 0.4) is 0 Å². The molecule has 0 aliphatic carbocycles. The van der Waals surface area contributed by atoms with Crippen molar-refractivity contribution in [3.8, 4) is 11.3 Å². The SMILES string of the molecule is CCCCn1nc(-c2cc(F)ccc2F)c(C=O)c1N. The van der Waals surface area contributed by atoms with Crippen LogP contribution >= 0.6 is 0 Å². The Morgan fingerprint density at radius 2 is 2.15 bits per heavy atom. The molecule has 20 heavy (non-hydrogen) atoms. The lowest BCUT2D eigenvalue weighted by Crippen LogP contribution is -2.05. The van der Waals surface area contributed by atoms with Crippen LogP contribution in [0.25, 0.3) is 11.3 Å². The highest BCUT2D eigenvalue weighted by molar-refractivity contribution is 5.91. The highest BCUT2D eigenvalue weighted by atomic mass is 19.1. The second-order valence-electron chi connectivity index (χ2n) is 4.47. The first kappa shape index (κ1) is 14.2. The van der Waals surface area contributed by atoms with Crippen LogP contribution < -0.4 is 5.73 Å². The zero-order valence-corrected chi connectivity index (χ0v) is 11.1. The number of anilines is 1. The van der Waals surface area contributed by atoms with E-state index in [-0.39, 0.29) is 22.6 Å². The fraction of sp³-hybridized carbons (Fsp3) is 0.286. The number of nitrogen functional groups attached to an aromatic ring is 1. The van der Waals surface area contributed by atoms with E-state index in [1.165, 1.54) is 4.68 Å². The number of carbonyl (C=O) groups is 1. The van der Waals surface area contributed by atoms with Gasteiger partial charge >= 0.3 is 0 Å². The topological polar surface area (TPSA) is 60.9 Å². The molecule has 0 bridgehead atoms. The third-order valence-electron chi connectivity index (χ3n) is 3.05. The van der Waals surface area contributed by atoms with Gasteiger partial charge in [0.1, 0.15) is 23.1 Å². The number of carbonyl (C=O) groups excluding carboxylic acids is 1. The van der Waals surface area contributed by atoms with Gasteiger partial charge in [-0.25, -0.2) is 13.5 Å². The van der Waals surface area contributed by atoms with E-state index in [0.29, 0.717) is 12.8 Å². The predicted molar refractivity (Wildman–Crippen MR) is 72.3 cm³/mol. The zero-order chi connectivity index (χ0) is 14.7. The van der Waals surface area contributed by atoms with Gasteiger partial charge in [-0.2, -0.15) is 5.10 Å². The Labute approximate surface area is 115 Å². The number of nitrogens with zero attached hydrogens (tertiary/aromatic N) is 2. The predicted octanol–water partition coefficient (Wildman–Crippen LogP) is 3.02. The summed E-state index contributed by atoms with van der Waals surface area (Å²) in [6.07, 6.45) is 2.28. The molecular formula is C14H15F2N3O. The molecule has 2 rings (SSSR count). The number of aromatic nitrogens is 2. The molecule has 0 amide bonds. The van der Waals surface area contributed by atoms with E-state index in [1.54, 1.807) is 0 Å². The molecule has 0 radical (unpaired) electrons. The Balaban J connectivity index is 2.55. The monoisotopic (exact) mass is 279 g/mol. The van der Waals surface area contributed by atoms with E-state index in [0.717, 1.165) is 31.0 Å². The number of hydrogen-bond donors (Lipinski definition) is 1. The fourth-order valence-electron chi connectivity index (χ4n) is 1.96. The van der Waals surface area contributed by atoms with Gasteiger partial charge in [0.25, 0.3) is 0 Å². The number of rotatable bonds is 5. The van der Waals surface area contributed by atoms with Crippen molar-refractivity contribution in [2.24, 2.45) is 0 Å². The number of aryl methyl sites for hydroxylation is 1. The van der Waals surface area contributed by atoms with Gasteiger partial charge in [-0.15, -0.1) is 0 Å². The van der Waals surface area contributed by atoms with Crippen LogP contribution in [-0.4, -0.2) is 16.1 Å². The zero-order valence-electron chi connectivity index (χ0n) is 11.1. The van der Waals surface area contributed by atoms with E-state index < -0.39 is 11.6 Å². The summed E-state index contributed by atoms with van der Waals surface area (Å²) < 4.78 is 28.5. The molecule has 1 aromatic heterocycles. The molecule has 2 aromatic rings. The molecule has 0 aliphatic rings. The highest BCUT2D eigenvalue weighted by Crippen LogP contribution is 2.28. The van der Waals surface area contributed by atoms with Gasteiger partial charge in [0.2, 0.25) is 0 Å². The molecule has 4 nitrogen and oxygen atoms in total. The van der Waals surface area contributed by atoms with Crippen LogP contribution in [-0.2, 0) is 6.54 Å². The second-order valence-corrected chi connectivity index (χ2v) is 4.47. The van der Waals surface area contributed by atoms with Gasteiger partial charge in [0.15, 0.2) is 6.29 Å². The van der Waals surface area contributed by atoms with E-state index in [9.17, 15) is 13.6 Å². The van der Waals surface area contributed by atoms with Crippen molar-refractivity contribution >= 4 is 12.1 Å². The summed E-state index contributed by atoms with van der Waals surface area (Å²) in [5.74, 6) is -1.07. The van der Waals surface area contributed by atoms with Gasteiger partial charge in [0.05, 0.1) is 5.56 Å². The number of aldehydes is 1. The van der Waals surface area contributed by atoms with E-state index in [2.05, 4.69) is 5.10 Å². The van der Waals surface area contributed by atoms with Gasteiger partial charge in [-0.1, -0.05) is 13.3 Å². The van der Waals surface area contributed by atoms with Gasteiger partial charge < -0.3 is 5.73 Å². The first-order chi connectivity index (χ1) is 9.58. The quantitative estimate of drug-likeness (QED) is 0.856. The number of unbranched alkanes of at least 4 members (excludes halogenated alkanes) is 1. The molecule has 1 heterocycles. The molecule has 1 aromatic carbocycles. The summed E-state index contributed by atoms with van der Waals surface area (Å²) in [7, 11) is 0. The number of halogens is 2. The summed E-state index contributed by atoms with van der Waals surface area (Å²) in [6.45, 7) is 2.54. The molecule has 0 saturated carbocycles. The maximum atomic E-state index is 13.8. The average Bonchev–Trinajstić information content (AvgIpc) is 2.75. The number of hydrogen-bond acceptors (Lipinski definition) is 3. The van der Waals surface area contributed by atoms with Crippen LogP contribution in [0.2, 0.25) is 0 Å². The minimum atomic E-state index is -0.644. The summed E-state index contributed by atoms with van der Waals surface area (Å²) in [4.78, 5) is 11.2. The average molecular weight is 279 g/mol. The first-order valence-corrected chi connectivity index (χ1v) is 6.35. The summed E-state index contributed by atoms with van der Waals surface area (Å²) >= 11 is 0. The minimum Gasteiger partial charge on any atom is -0.383 e. The van der Waals surface area contributed by atoms with Crippen molar-refractivity contribution in [1.29, 1.82) is 0 Å².